The monoisotopic (exact) mass is 521 g/mol. The van der Waals surface area contributed by atoms with E-state index in [0.29, 0.717) is 33.7 Å². The van der Waals surface area contributed by atoms with Crippen molar-refractivity contribution in [2.75, 3.05) is 18.0 Å². The van der Waals surface area contributed by atoms with Crippen molar-refractivity contribution in [2.24, 2.45) is 5.41 Å². The Morgan fingerprint density at radius 3 is 2.86 bits per heavy atom. The van der Waals surface area contributed by atoms with Gasteiger partial charge in [-0.05, 0) is 43.0 Å². The first-order chi connectivity index (χ1) is 16.6. The number of fused-ring (bicyclic) bond motifs is 2. The smallest absolute Gasteiger partial charge is 0.408 e. The molecule has 1 aliphatic heterocycles. The molecular weight excluding hydrogens is 499 g/mol. The molecule has 12 heteroatoms. The van der Waals surface area contributed by atoms with Gasteiger partial charge in [-0.15, -0.1) is 11.3 Å². The molecule has 1 unspecified atom stereocenters. The fourth-order valence-electron chi connectivity index (χ4n) is 5.41. The van der Waals surface area contributed by atoms with E-state index >= 15 is 0 Å². The number of nitrogens with one attached hydrogen (secondary N) is 2. The minimum atomic E-state index is -4.25. The van der Waals surface area contributed by atoms with E-state index in [-0.39, 0.29) is 15.2 Å². The van der Waals surface area contributed by atoms with Crippen LogP contribution in [0.4, 0.5) is 19.0 Å². The number of alkyl halides is 3. The third kappa shape index (κ3) is 4.43. The first-order valence-electron chi connectivity index (χ1n) is 11.2. The second-order valence-corrected chi connectivity index (χ2v) is 11.7. The number of thiol groups is 1. The highest BCUT2D eigenvalue weighted by Crippen LogP contribution is 2.53. The van der Waals surface area contributed by atoms with Gasteiger partial charge < -0.3 is 9.32 Å². The molecule has 0 bridgehead atoms. The number of halogens is 3. The average Bonchev–Trinajstić information content (AvgIpc) is 3.43. The number of rotatable bonds is 5. The van der Waals surface area contributed by atoms with Crippen LogP contribution in [0.3, 0.4) is 0 Å². The highest BCUT2D eigenvalue weighted by Gasteiger charge is 2.53. The van der Waals surface area contributed by atoms with Crippen LogP contribution in [0.5, 0.6) is 0 Å². The van der Waals surface area contributed by atoms with Crippen molar-refractivity contribution in [3.8, 4) is 0 Å². The summed E-state index contributed by atoms with van der Waals surface area (Å²) in [6.45, 7) is 2.18. The van der Waals surface area contributed by atoms with Gasteiger partial charge in [-0.3, -0.25) is 10.3 Å². The maximum atomic E-state index is 12.8. The lowest BCUT2D eigenvalue weighted by Gasteiger charge is -2.49. The number of oxazole rings is 1. The summed E-state index contributed by atoms with van der Waals surface area (Å²) in [4.78, 5) is 25.3. The van der Waals surface area contributed by atoms with E-state index in [2.05, 4.69) is 25.2 Å². The summed E-state index contributed by atoms with van der Waals surface area (Å²) in [5.74, 6) is 0.236. The number of aromatic amines is 1. The van der Waals surface area contributed by atoms with Crippen LogP contribution < -0.4 is 16.0 Å². The molecule has 0 amide bonds. The molecular formula is C23H22F3N5O2S2. The van der Waals surface area contributed by atoms with Crippen LogP contribution in [-0.4, -0.2) is 39.1 Å². The SMILES string of the molecule is O=c1[nH]c2cc(CNC3(S)CCC4(CN(c5ncnc6sc(CC(F)(F)F)cc56)C4)C3)ccc2o1. The van der Waals surface area contributed by atoms with Gasteiger partial charge in [0.25, 0.3) is 0 Å². The number of aromatic nitrogens is 3. The van der Waals surface area contributed by atoms with Gasteiger partial charge in [-0.2, -0.15) is 25.8 Å². The van der Waals surface area contributed by atoms with Crippen molar-refractivity contribution in [2.45, 2.75) is 43.3 Å². The molecule has 1 aromatic carbocycles. The Kier molecular flexibility index (Phi) is 5.21. The van der Waals surface area contributed by atoms with Gasteiger partial charge in [-0.1, -0.05) is 6.07 Å². The lowest BCUT2D eigenvalue weighted by molar-refractivity contribution is -0.126. The molecule has 35 heavy (non-hydrogen) atoms. The summed E-state index contributed by atoms with van der Waals surface area (Å²) in [5, 5.41) is 4.26. The number of hydrogen-bond acceptors (Lipinski definition) is 8. The molecule has 2 fully saturated rings. The number of thiophene rings is 1. The Labute approximate surface area is 207 Å². The number of H-pyrrole nitrogens is 1. The van der Waals surface area contributed by atoms with E-state index in [9.17, 15) is 18.0 Å². The zero-order valence-electron chi connectivity index (χ0n) is 18.5. The predicted molar refractivity (Wildman–Crippen MR) is 131 cm³/mol. The van der Waals surface area contributed by atoms with Crippen LogP contribution in [0.1, 0.15) is 29.7 Å². The molecule has 4 aromatic rings. The van der Waals surface area contributed by atoms with Crippen molar-refractivity contribution in [1.29, 1.82) is 0 Å². The summed E-state index contributed by atoms with van der Waals surface area (Å²) < 4.78 is 43.6. The maximum Gasteiger partial charge on any atom is 0.417 e. The Bertz CT molecular complexity index is 1470. The number of nitrogens with zero attached hydrogens (tertiary/aromatic N) is 3. The van der Waals surface area contributed by atoms with E-state index in [1.54, 1.807) is 12.1 Å². The van der Waals surface area contributed by atoms with Gasteiger partial charge >= 0.3 is 11.9 Å². The normalized spacial score (nSPS) is 21.9. The van der Waals surface area contributed by atoms with Crippen molar-refractivity contribution >= 4 is 51.1 Å². The van der Waals surface area contributed by atoms with Crippen LogP contribution in [0.2, 0.25) is 0 Å². The second-order valence-electron chi connectivity index (χ2n) is 9.68. The van der Waals surface area contributed by atoms with Gasteiger partial charge in [0, 0.05) is 29.9 Å². The van der Waals surface area contributed by atoms with Crippen molar-refractivity contribution < 1.29 is 17.6 Å². The molecule has 1 aliphatic carbocycles. The van der Waals surface area contributed by atoms with Crippen molar-refractivity contribution in [1.82, 2.24) is 20.3 Å². The van der Waals surface area contributed by atoms with Gasteiger partial charge in [-0.25, -0.2) is 14.8 Å². The topological polar surface area (TPSA) is 87.0 Å². The van der Waals surface area contributed by atoms with E-state index < -0.39 is 18.4 Å². The maximum absolute atomic E-state index is 12.8. The first kappa shape index (κ1) is 22.9. The molecule has 1 saturated carbocycles. The van der Waals surface area contributed by atoms with E-state index in [0.717, 1.165) is 49.3 Å². The molecule has 1 atom stereocenters. The highest BCUT2D eigenvalue weighted by atomic mass is 32.1. The predicted octanol–water partition coefficient (Wildman–Crippen LogP) is 4.64. The molecule has 1 saturated heterocycles. The molecule has 2 aliphatic rings. The first-order valence-corrected chi connectivity index (χ1v) is 12.5. The van der Waals surface area contributed by atoms with Crippen molar-refractivity contribution in [3.63, 3.8) is 0 Å². The van der Waals surface area contributed by atoms with Crippen LogP contribution in [0, 0.1) is 5.41 Å². The van der Waals surface area contributed by atoms with Gasteiger partial charge in [0.1, 0.15) is 17.0 Å². The standard InChI is InChI=1S/C23H22F3N5O2S2/c24-23(25,26)7-14-6-15-18(27-12-28-19(15)35-14)31-10-21(11-31)3-4-22(34,9-21)29-8-13-1-2-17-16(5-13)30-20(32)33-17/h1-2,5-6,12,29,34H,3-4,7-11H2,(H,30,32). The largest absolute Gasteiger partial charge is 0.417 e. The molecule has 4 heterocycles. The lowest BCUT2D eigenvalue weighted by atomic mass is 9.78. The fraction of sp³-hybridized carbons (Fsp3) is 0.435. The highest BCUT2D eigenvalue weighted by molar-refractivity contribution is 7.81. The number of benzene rings is 1. The van der Waals surface area contributed by atoms with Crippen LogP contribution in [0.25, 0.3) is 21.3 Å². The summed E-state index contributed by atoms with van der Waals surface area (Å²) in [7, 11) is 0. The average molecular weight is 522 g/mol. The molecule has 2 N–H and O–H groups in total. The summed E-state index contributed by atoms with van der Waals surface area (Å²) in [6.07, 6.45) is -0.979. The Morgan fingerprint density at radius 2 is 2.06 bits per heavy atom. The van der Waals surface area contributed by atoms with E-state index in [1.165, 1.54) is 6.33 Å². The minimum Gasteiger partial charge on any atom is -0.408 e. The molecule has 7 nitrogen and oxygen atoms in total. The Hall–Kier alpha value is -2.57. The van der Waals surface area contributed by atoms with Gasteiger partial charge in [0.15, 0.2) is 5.58 Å². The number of hydrogen-bond donors (Lipinski definition) is 3. The zero-order chi connectivity index (χ0) is 24.4. The van der Waals surface area contributed by atoms with E-state index in [4.69, 9.17) is 17.0 Å². The summed E-state index contributed by atoms with van der Waals surface area (Å²) in [6, 6.07) is 7.18. The van der Waals surface area contributed by atoms with Gasteiger partial charge in [0.05, 0.1) is 22.2 Å². The van der Waals surface area contributed by atoms with E-state index in [1.807, 2.05) is 12.1 Å². The number of anilines is 1. The molecule has 6 rings (SSSR count). The third-order valence-corrected chi connectivity index (χ3v) is 8.51. The molecule has 3 aromatic heterocycles. The van der Waals surface area contributed by atoms with Crippen LogP contribution in [0.15, 0.2) is 39.8 Å². The van der Waals surface area contributed by atoms with Crippen LogP contribution in [-0.2, 0) is 13.0 Å². The van der Waals surface area contributed by atoms with Crippen LogP contribution >= 0.6 is 24.0 Å². The van der Waals surface area contributed by atoms with Gasteiger partial charge in [0.2, 0.25) is 0 Å². The molecule has 1 spiro atoms. The third-order valence-electron chi connectivity index (χ3n) is 6.93. The van der Waals surface area contributed by atoms with Crippen molar-refractivity contribution in [3.05, 3.63) is 51.6 Å². The lowest BCUT2D eigenvalue weighted by Crippen LogP contribution is -2.56. The molecule has 184 valence electrons. The summed E-state index contributed by atoms with van der Waals surface area (Å²) >= 11 is 6.05. The Balaban J connectivity index is 1.12. The zero-order valence-corrected chi connectivity index (χ0v) is 20.2. The fourth-order valence-corrected chi connectivity index (χ4v) is 6.96. The Morgan fingerprint density at radius 1 is 1.23 bits per heavy atom. The second kappa shape index (κ2) is 7.97. The molecule has 0 radical (unpaired) electrons. The quantitative estimate of drug-likeness (QED) is 0.262. The summed E-state index contributed by atoms with van der Waals surface area (Å²) in [5.41, 5.74) is 2.32. The minimum absolute atomic E-state index is 0.0938.